The predicted octanol–water partition coefficient (Wildman–Crippen LogP) is 1.98. The van der Waals surface area contributed by atoms with Crippen molar-refractivity contribution in [2.45, 2.75) is 52.2 Å². The molecule has 0 aliphatic carbocycles. The summed E-state index contributed by atoms with van der Waals surface area (Å²) in [6.45, 7) is 8.78. The van der Waals surface area contributed by atoms with Crippen molar-refractivity contribution in [2.24, 2.45) is 5.90 Å². The Bertz CT molecular complexity index is 583. The van der Waals surface area contributed by atoms with E-state index in [1.165, 1.54) is 0 Å². The number of ether oxygens (including phenoxy) is 1. The average Bonchev–Trinajstić information content (AvgIpc) is 2.39. The van der Waals surface area contributed by atoms with Crippen molar-refractivity contribution in [3.05, 3.63) is 28.8 Å². The molecule has 0 amide bonds. The van der Waals surface area contributed by atoms with E-state index in [4.69, 9.17) is 15.5 Å². The second-order valence-corrected chi connectivity index (χ2v) is 6.06. The minimum absolute atomic E-state index is 0.202. The zero-order valence-electron chi connectivity index (χ0n) is 13.0. The van der Waals surface area contributed by atoms with Gasteiger partial charge in [0, 0.05) is 0 Å². The quantitative estimate of drug-likeness (QED) is 0.666. The fourth-order valence-electron chi connectivity index (χ4n) is 3.00. The molecule has 1 saturated heterocycles. The van der Waals surface area contributed by atoms with Gasteiger partial charge in [-0.2, -0.15) is 5.90 Å². The van der Waals surface area contributed by atoms with E-state index in [-0.39, 0.29) is 11.6 Å². The number of carbonyl (C=O) groups excluding carboxylic acids is 2. The van der Waals surface area contributed by atoms with E-state index < -0.39 is 17.6 Å². The highest BCUT2D eigenvalue weighted by atomic mass is 16.6. The van der Waals surface area contributed by atoms with Crippen LogP contribution in [0.5, 0.6) is 5.75 Å². The second-order valence-electron chi connectivity index (χ2n) is 6.06. The molecule has 1 aromatic rings. The first kappa shape index (κ1) is 15.7. The lowest BCUT2D eigenvalue weighted by molar-refractivity contribution is -0.168. The van der Waals surface area contributed by atoms with E-state index in [0.29, 0.717) is 5.75 Å². The number of nitrogens with two attached hydrogens (primary N) is 1. The molecule has 1 heterocycles. The third-order valence-corrected chi connectivity index (χ3v) is 4.00. The SMILES string of the molecule is Cc1cc(ON)cc(C)c1C1C(=O)C(C)OC(C)(C)C1=O. The Morgan fingerprint density at radius 2 is 1.71 bits per heavy atom. The summed E-state index contributed by atoms with van der Waals surface area (Å²) in [5.74, 6) is 4.48. The van der Waals surface area contributed by atoms with Gasteiger partial charge >= 0.3 is 0 Å². The maximum Gasteiger partial charge on any atom is 0.179 e. The topological polar surface area (TPSA) is 78.6 Å². The molecule has 2 unspecified atom stereocenters. The molecule has 1 aliphatic rings. The maximum atomic E-state index is 12.7. The Kier molecular flexibility index (Phi) is 3.91. The first-order valence-electron chi connectivity index (χ1n) is 6.92. The van der Waals surface area contributed by atoms with E-state index in [0.717, 1.165) is 16.7 Å². The van der Waals surface area contributed by atoms with Gasteiger partial charge in [0.2, 0.25) is 0 Å². The molecular weight excluding hydrogens is 270 g/mol. The average molecular weight is 291 g/mol. The summed E-state index contributed by atoms with van der Waals surface area (Å²) in [4.78, 5) is 29.9. The number of hydrogen-bond acceptors (Lipinski definition) is 5. The van der Waals surface area contributed by atoms with Gasteiger partial charge in [0.1, 0.15) is 23.4 Å². The Labute approximate surface area is 124 Å². The second kappa shape index (κ2) is 5.24. The van der Waals surface area contributed by atoms with Gasteiger partial charge in [-0.3, -0.25) is 9.59 Å². The zero-order chi connectivity index (χ0) is 15.9. The summed E-state index contributed by atoms with van der Waals surface area (Å²) in [6, 6.07) is 3.46. The van der Waals surface area contributed by atoms with Crippen molar-refractivity contribution in [3.8, 4) is 5.75 Å². The van der Waals surface area contributed by atoms with Crippen LogP contribution in [0.3, 0.4) is 0 Å². The fraction of sp³-hybridized carbons (Fsp3) is 0.500. The van der Waals surface area contributed by atoms with Gasteiger partial charge in [-0.05, 0) is 63.4 Å². The van der Waals surface area contributed by atoms with Gasteiger partial charge < -0.3 is 9.57 Å². The third-order valence-electron chi connectivity index (χ3n) is 4.00. The first-order chi connectivity index (χ1) is 9.69. The van der Waals surface area contributed by atoms with Crippen molar-refractivity contribution >= 4 is 11.6 Å². The highest BCUT2D eigenvalue weighted by Crippen LogP contribution is 2.37. The molecule has 5 heteroatoms. The molecule has 2 atom stereocenters. The molecule has 0 bridgehead atoms. The number of benzene rings is 1. The third kappa shape index (κ3) is 2.59. The summed E-state index contributed by atoms with van der Waals surface area (Å²) in [7, 11) is 0. The fourth-order valence-corrected chi connectivity index (χ4v) is 3.00. The minimum Gasteiger partial charge on any atom is -0.412 e. The molecule has 21 heavy (non-hydrogen) atoms. The van der Waals surface area contributed by atoms with Crippen molar-refractivity contribution < 1.29 is 19.2 Å². The molecule has 1 aliphatic heterocycles. The molecule has 1 aromatic carbocycles. The van der Waals surface area contributed by atoms with Gasteiger partial charge in [0.05, 0.1) is 0 Å². The van der Waals surface area contributed by atoms with Crippen LogP contribution in [0.2, 0.25) is 0 Å². The molecule has 1 fully saturated rings. The molecule has 0 spiro atoms. The summed E-state index contributed by atoms with van der Waals surface area (Å²) < 4.78 is 5.53. The highest BCUT2D eigenvalue weighted by molar-refractivity contribution is 6.14. The molecule has 0 aromatic heterocycles. The minimum atomic E-state index is -0.972. The van der Waals surface area contributed by atoms with Crippen LogP contribution in [-0.2, 0) is 14.3 Å². The van der Waals surface area contributed by atoms with Crippen LogP contribution in [0.15, 0.2) is 12.1 Å². The Hall–Kier alpha value is -1.72. The van der Waals surface area contributed by atoms with Crippen LogP contribution < -0.4 is 10.7 Å². The Morgan fingerprint density at radius 1 is 1.19 bits per heavy atom. The van der Waals surface area contributed by atoms with Gasteiger partial charge in [-0.1, -0.05) is 0 Å². The van der Waals surface area contributed by atoms with Crippen molar-refractivity contribution in [2.75, 3.05) is 0 Å². The number of ketones is 2. The number of carbonyl (C=O) groups is 2. The summed E-state index contributed by atoms with van der Waals surface area (Å²) in [6.07, 6.45) is -0.605. The molecule has 114 valence electrons. The normalized spacial score (nSPS) is 25.0. The molecule has 2 N–H and O–H groups in total. The largest absolute Gasteiger partial charge is 0.412 e. The van der Waals surface area contributed by atoms with Gasteiger partial charge in [0.25, 0.3) is 0 Å². The van der Waals surface area contributed by atoms with Crippen LogP contribution in [0, 0.1) is 13.8 Å². The Balaban J connectivity index is 2.58. The van der Waals surface area contributed by atoms with E-state index in [9.17, 15) is 9.59 Å². The van der Waals surface area contributed by atoms with E-state index in [1.54, 1.807) is 32.9 Å². The maximum absolute atomic E-state index is 12.7. The van der Waals surface area contributed by atoms with Gasteiger partial charge in [-0.25, -0.2) is 0 Å². The van der Waals surface area contributed by atoms with Crippen LogP contribution >= 0.6 is 0 Å². The lowest BCUT2D eigenvalue weighted by Crippen LogP contribution is -2.52. The summed E-state index contributed by atoms with van der Waals surface area (Å²) >= 11 is 0. The number of hydrogen-bond donors (Lipinski definition) is 1. The van der Waals surface area contributed by atoms with E-state index >= 15 is 0 Å². The molecule has 2 rings (SSSR count). The van der Waals surface area contributed by atoms with Gasteiger partial charge in [-0.15, -0.1) is 0 Å². The predicted molar refractivity (Wildman–Crippen MR) is 78.1 cm³/mol. The number of rotatable bonds is 2. The molecule has 0 radical (unpaired) electrons. The van der Waals surface area contributed by atoms with Crippen LogP contribution in [-0.4, -0.2) is 23.3 Å². The zero-order valence-corrected chi connectivity index (χ0v) is 13.0. The number of Topliss-reactive ketones (excluding diaryl/α,β-unsaturated/α-hetero) is 2. The van der Waals surface area contributed by atoms with Crippen molar-refractivity contribution in [1.82, 2.24) is 0 Å². The molecular formula is C16H21NO4. The van der Waals surface area contributed by atoms with Crippen molar-refractivity contribution in [3.63, 3.8) is 0 Å². The molecule has 5 nitrogen and oxygen atoms in total. The van der Waals surface area contributed by atoms with Crippen molar-refractivity contribution in [1.29, 1.82) is 0 Å². The summed E-state index contributed by atoms with van der Waals surface area (Å²) in [5, 5.41) is 0. The van der Waals surface area contributed by atoms with Gasteiger partial charge in [0.15, 0.2) is 11.6 Å². The standard InChI is InChI=1S/C16H21NO4/c1-8-6-11(21-17)7-9(2)12(8)13-14(18)10(3)20-16(4,5)15(13)19/h6-7,10,13H,17H2,1-5H3. The van der Waals surface area contributed by atoms with E-state index in [2.05, 4.69) is 0 Å². The summed E-state index contributed by atoms with van der Waals surface area (Å²) in [5.41, 5.74) is 1.38. The first-order valence-corrected chi connectivity index (χ1v) is 6.92. The lowest BCUT2D eigenvalue weighted by atomic mass is 9.76. The van der Waals surface area contributed by atoms with Crippen LogP contribution in [0.25, 0.3) is 0 Å². The lowest BCUT2D eigenvalue weighted by Gasteiger charge is -2.37. The smallest absolute Gasteiger partial charge is 0.179 e. The van der Waals surface area contributed by atoms with E-state index in [1.807, 2.05) is 13.8 Å². The monoisotopic (exact) mass is 291 g/mol. The molecule has 0 saturated carbocycles. The van der Waals surface area contributed by atoms with Crippen LogP contribution in [0.4, 0.5) is 0 Å². The number of aryl methyl sites for hydroxylation is 2. The highest BCUT2D eigenvalue weighted by Gasteiger charge is 2.48. The van der Waals surface area contributed by atoms with Crippen LogP contribution in [0.1, 0.15) is 43.4 Å². The Morgan fingerprint density at radius 3 is 2.19 bits per heavy atom.